The third-order valence-electron chi connectivity index (χ3n) is 4.29. The van der Waals surface area contributed by atoms with Gasteiger partial charge < -0.3 is 9.47 Å². The van der Waals surface area contributed by atoms with E-state index in [1.54, 1.807) is 6.92 Å². The van der Waals surface area contributed by atoms with E-state index in [1.165, 1.54) is 29.8 Å². The van der Waals surface area contributed by atoms with E-state index >= 15 is 0 Å². The van der Waals surface area contributed by atoms with Gasteiger partial charge in [-0.3, -0.25) is 4.79 Å². The number of benzene rings is 3. The van der Waals surface area contributed by atoms with Crippen LogP contribution in [0.1, 0.15) is 22.8 Å². The van der Waals surface area contributed by atoms with Crippen molar-refractivity contribution >= 4 is 5.78 Å². The molecule has 0 radical (unpaired) electrons. The summed E-state index contributed by atoms with van der Waals surface area (Å²) in [6.45, 7) is 0.796. The van der Waals surface area contributed by atoms with Crippen LogP contribution in [0.5, 0.6) is 11.5 Å². The maximum Gasteiger partial charge on any atom is 0.387 e. The summed E-state index contributed by atoms with van der Waals surface area (Å²) in [5.41, 5.74) is 3.73. The first-order valence-corrected chi connectivity index (χ1v) is 8.85. The van der Waals surface area contributed by atoms with Crippen molar-refractivity contribution in [1.82, 2.24) is 0 Å². The second kappa shape index (κ2) is 8.65. The first-order valence-electron chi connectivity index (χ1n) is 8.85. The number of hydrogen-bond acceptors (Lipinski definition) is 3. The number of ketones is 1. The fraction of sp³-hybridized carbons (Fsp3) is 0.174. The van der Waals surface area contributed by atoms with Crippen LogP contribution in [0.3, 0.4) is 0 Å². The molecule has 144 valence electrons. The van der Waals surface area contributed by atoms with Crippen molar-refractivity contribution in [2.45, 2.75) is 26.6 Å². The fourth-order valence-electron chi connectivity index (χ4n) is 2.76. The van der Waals surface area contributed by atoms with Crippen molar-refractivity contribution in [3.05, 3.63) is 83.9 Å². The molecule has 0 aromatic heterocycles. The van der Waals surface area contributed by atoms with E-state index in [-0.39, 0.29) is 11.5 Å². The number of carbonyl (C=O) groups excluding carboxylic acids is 1. The van der Waals surface area contributed by atoms with Crippen LogP contribution >= 0.6 is 0 Å². The predicted molar refractivity (Wildman–Crippen MR) is 104 cm³/mol. The zero-order chi connectivity index (χ0) is 20.1. The van der Waals surface area contributed by atoms with Gasteiger partial charge in [0.25, 0.3) is 0 Å². The highest BCUT2D eigenvalue weighted by molar-refractivity contribution is 5.99. The molecular weight excluding hydrogens is 362 g/mol. The summed E-state index contributed by atoms with van der Waals surface area (Å²) >= 11 is 0. The molecule has 0 saturated carbocycles. The summed E-state index contributed by atoms with van der Waals surface area (Å²) in [6.07, 6.45) is -0.716. The number of Topliss-reactive ketones (excluding diaryl/α,β-unsaturated/α-hetero) is 1. The first-order chi connectivity index (χ1) is 13.4. The van der Waals surface area contributed by atoms with Gasteiger partial charge in [-0.15, -0.1) is 0 Å². The van der Waals surface area contributed by atoms with Crippen LogP contribution in [0.15, 0.2) is 72.8 Å². The number of carbonyl (C=O) groups is 1. The third-order valence-corrected chi connectivity index (χ3v) is 4.29. The summed E-state index contributed by atoms with van der Waals surface area (Å²) in [6, 6.07) is 21.3. The molecule has 5 heteroatoms. The smallest absolute Gasteiger partial charge is 0.387 e. The zero-order valence-electron chi connectivity index (χ0n) is 15.6. The topological polar surface area (TPSA) is 35.5 Å². The quantitative estimate of drug-likeness (QED) is 0.476. The Balaban J connectivity index is 1.64. The zero-order valence-corrected chi connectivity index (χ0v) is 15.6. The molecule has 3 aromatic rings. The molecule has 0 saturated heterocycles. The monoisotopic (exact) mass is 382 g/mol. The van der Waals surface area contributed by atoms with E-state index < -0.39 is 12.7 Å². The average Bonchev–Trinajstić information content (AvgIpc) is 2.69. The van der Waals surface area contributed by atoms with Gasteiger partial charge in [-0.1, -0.05) is 42.0 Å². The Morgan fingerprint density at radius 2 is 1.21 bits per heavy atom. The molecule has 3 nitrogen and oxygen atoms in total. The van der Waals surface area contributed by atoms with Gasteiger partial charge in [-0.25, -0.2) is 0 Å². The maximum absolute atomic E-state index is 12.5. The highest BCUT2D eigenvalue weighted by atomic mass is 19.3. The lowest BCUT2D eigenvalue weighted by Crippen LogP contribution is -2.23. The van der Waals surface area contributed by atoms with Crippen molar-refractivity contribution in [3.8, 4) is 22.6 Å². The van der Waals surface area contributed by atoms with E-state index in [0.29, 0.717) is 11.3 Å². The van der Waals surface area contributed by atoms with Crippen LogP contribution in [0.25, 0.3) is 11.1 Å². The average molecular weight is 382 g/mol. The van der Waals surface area contributed by atoms with Gasteiger partial charge in [0, 0.05) is 5.56 Å². The lowest BCUT2D eigenvalue weighted by Gasteiger charge is -2.14. The van der Waals surface area contributed by atoms with Crippen molar-refractivity contribution in [3.63, 3.8) is 0 Å². The molecule has 1 unspecified atom stereocenters. The molecule has 0 aliphatic heterocycles. The number of rotatable bonds is 7. The Hall–Kier alpha value is -3.21. The highest BCUT2D eigenvalue weighted by Gasteiger charge is 2.17. The second-order valence-corrected chi connectivity index (χ2v) is 6.42. The van der Waals surface area contributed by atoms with Crippen LogP contribution in [-0.2, 0) is 0 Å². The normalized spacial score (nSPS) is 11.9. The van der Waals surface area contributed by atoms with Gasteiger partial charge in [0.1, 0.15) is 11.5 Å². The van der Waals surface area contributed by atoms with E-state index in [4.69, 9.17) is 4.74 Å². The molecule has 3 aromatic carbocycles. The maximum atomic E-state index is 12.5. The molecule has 0 heterocycles. The van der Waals surface area contributed by atoms with Crippen LogP contribution in [0, 0.1) is 6.92 Å². The Kier molecular flexibility index (Phi) is 6.04. The Morgan fingerprint density at radius 3 is 1.75 bits per heavy atom. The summed E-state index contributed by atoms with van der Waals surface area (Å²) in [5, 5.41) is 0. The van der Waals surface area contributed by atoms with Gasteiger partial charge in [-0.2, -0.15) is 8.78 Å². The Labute approximate surface area is 162 Å². The Morgan fingerprint density at radius 1 is 0.750 bits per heavy atom. The highest BCUT2D eigenvalue weighted by Crippen LogP contribution is 2.24. The molecule has 3 rings (SSSR count). The van der Waals surface area contributed by atoms with E-state index in [1.807, 2.05) is 31.2 Å². The largest absolute Gasteiger partial charge is 0.483 e. The molecule has 1 atom stereocenters. The summed E-state index contributed by atoms with van der Waals surface area (Å²) in [4.78, 5) is 12.5. The minimum atomic E-state index is -2.90. The lowest BCUT2D eigenvalue weighted by atomic mass is 10.0. The van der Waals surface area contributed by atoms with E-state index in [9.17, 15) is 13.6 Å². The minimum absolute atomic E-state index is 0.00631. The molecule has 0 aliphatic carbocycles. The number of alkyl halides is 2. The van der Waals surface area contributed by atoms with Gasteiger partial charge >= 0.3 is 6.61 Å². The summed E-state index contributed by atoms with van der Waals surface area (Å²) in [7, 11) is 0. The van der Waals surface area contributed by atoms with Gasteiger partial charge in [-0.05, 0) is 61.4 Å². The van der Waals surface area contributed by atoms with Crippen LogP contribution in [-0.4, -0.2) is 18.5 Å². The van der Waals surface area contributed by atoms with Crippen molar-refractivity contribution in [2.75, 3.05) is 0 Å². The predicted octanol–water partition coefficient (Wildman–Crippen LogP) is 5.91. The first kappa shape index (κ1) is 19.5. The van der Waals surface area contributed by atoms with Gasteiger partial charge in [0.05, 0.1) is 0 Å². The fourth-order valence-corrected chi connectivity index (χ4v) is 2.76. The molecule has 0 aliphatic rings. The van der Waals surface area contributed by atoms with E-state index in [2.05, 4.69) is 29.0 Å². The molecule has 0 fully saturated rings. The SMILES string of the molecule is Cc1ccc(-c2ccc(OC(C)C(=O)c3ccc(OC(F)F)cc3)cc2)cc1. The third kappa shape index (κ3) is 4.94. The van der Waals surface area contributed by atoms with Gasteiger partial charge in [0.2, 0.25) is 5.78 Å². The summed E-state index contributed by atoms with van der Waals surface area (Å²) < 4.78 is 34.4. The number of aryl methyl sites for hydroxylation is 1. The molecule has 0 N–H and O–H groups in total. The van der Waals surface area contributed by atoms with Crippen LogP contribution < -0.4 is 9.47 Å². The molecule has 28 heavy (non-hydrogen) atoms. The summed E-state index contributed by atoms with van der Waals surface area (Å²) in [5.74, 6) is 0.340. The number of ether oxygens (including phenoxy) is 2. The van der Waals surface area contributed by atoms with Gasteiger partial charge in [0.15, 0.2) is 6.10 Å². The number of halogens is 2. The second-order valence-electron chi connectivity index (χ2n) is 6.42. The van der Waals surface area contributed by atoms with Crippen LogP contribution in [0.4, 0.5) is 8.78 Å². The Bertz CT molecular complexity index is 918. The van der Waals surface area contributed by atoms with Crippen molar-refractivity contribution < 1.29 is 23.0 Å². The minimum Gasteiger partial charge on any atom is -0.483 e. The standard InChI is InChI=1S/C23H20F2O3/c1-15-3-5-17(6-4-15)18-7-11-20(12-8-18)27-16(2)22(26)19-9-13-21(14-10-19)28-23(24)25/h3-14,16,23H,1-2H3. The molecule has 0 bridgehead atoms. The lowest BCUT2D eigenvalue weighted by molar-refractivity contribution is -0.0498. The molecule has 0 spiro atoms. The van der Waals surface area contributed by atoms with Crippen molar-refractivity contribution in [1.29, 1.82) is 0 Å². The number of hydrogen-bond donors (Lipinski definition) is 0. The van der Waals surface area contributed by atoms with Crippen LogP contribution in [0.2, 0.25) is 0 Å². The van der Waals surface area contributed by atoms with Crippen molar-refractivity contribution in [2.24, 2.45) is 0 Å². The van der Waals surface area contributed by atoms with E-state index in [0.717, 1.165) is 11.1 Å². The molecular formula is C23H20F2O3. The molecule has 0 amide bonds.